The van der Waals surface area contributed by atoms with Crippen molar-refractivity contribution in [3.63, 3.8) is 0 Å². The second-order valence-corrected chi connectivity index (χ2v) is 4.69. The summed E-state index contributed by atoms with van der Waals surface area (Å²) in [6, 6.07) is -0.155. The molecule has 2 aliphatic rings. The molecule has 3 rings (SSSR count). The van der Waals surface area contributed by atoms with Gasteiger partial charge >= 0.3 is 0 Å². The number of allylic oxidation sites excluding steroid dienone is 1. The first kappa shape index (κ1) is 11.4. The predicted molar refractivity (Wildman–Crippen MR) is 63.5 cm³/mol. The van der Waals surface area contributed by atoms with E-state index in [1.165, 1.54) is 19.2 Å². The highest BCUT2D eigenvalue weighted by Crippen LogP contribution is 2.30. The van der Waals surface area contributed by atoms with Crippen molar-refractivity contribution in [1.29, 1.82) is 0 Å². The second-order valence-electron chi connectivity index (χ2n) is 4.69. The average Bonchev–Trinajstić information content (AvgIpc) is 3.08. The smallest absolute Gasteiger partial charge is 0.247 e. The van der Waals surface area contributed by atoms with E-state index in [0.29, 0.717) is 31.5 Å². The Morgan fingerprint density at radius 2 is 2.44 bits per heavy atom. The number of nitrogens with one attached hydrogen (secondary N) is 1. The molecule has 0 spiro atoms. The van der Waals surface area contributed by atoms with Crippen molar-refractivity contribution in [1.82, 2.24) is 20.1 Å². The molecule has 0 radical (unpaired) electrons. The lowest BCUT2D eigenvalue weighted by Gasteiger charge is -2.33. The van der Waals surface area contributed by atoms with E-state index in [4.69, 9.17) is 4.74 Å². The third-order valence-corrected chi connectivity index (χ3v) is 3.29. The molecule has 1 amide bonds. The monoisotopic (exact) mass is 248 g/mol. The molecule has 1 saturated carbocycles. The number of amides is 1. The molecule has 1 unspecified atom stereocenters. The van der Waals surface area contributed by atoms with Crippen molar-refractivity contribution >= 4 is 5.91 Å². The Balaban J connectivity index is 1.72. The van der Waals surface area contributed by atoms with Gasteiger partial charge in [0.15, 0.2) is 0 Å². The van der Waals surface area contributed by atoms with Crippen molar-refractivity contribution in [2.24, 2.45) is 5.92 Å². The van der Waals surface area contributed by atoms with Crippen molar-refractivity contribution in [2.45, 2.75) is 18.9 Å². The molecular weight excluding hydrogens is 232 g/mol. The van der Waals surface area contributed by atoms with Crippen molar-refractivity contribution in [3.05, 3.63) is 24.3 Å². The van der Waals surface area contributed by atoms with E-state index in [2.05, 4.69) is 15.2 Å². The molecule has 1 aliphatic heterocycles. The summed E-state index contributed by atoms with van der Waals surface area (Å²) >= 11 is 0. The maximum absolute atomic E-state index is 12.2. The standard InChI is InChI=1S/C12H16N4O2/c17-11(4-3-9-1-2-9)16-5-6-18-7-10(16)12-13-8-14-15-12/h3-4,8-10H,1-2,5-7H2,(H,13,14,15)/b4-3+. The molecule has 1 N–H and O–H groups in total. The molecule has 0 bridgehead atoms. The number of carbonyl (C=O) groups excluding carboxylic acids is 1. The van der Waals surface area contributed by atoms with Crippen molar-refractivity contribution < 1.29 is 9.53 Å². The molecule has 2 heterocycles. The number of nitrogens with zero attached hydrogens (tertiary/aromatic N) is 3. The molecule has 18 heavy (non-hydrogen) atoms. The van der Waals surface area contributed by atoms with Crippen LogP contribution < -0.4 is 0 Å². The summed E-state index contributed by atoms with van der Waals surface area (Å²) in [7, 11) is 0. The first-order chi connectivity index (χ1) is 8.84. The van der Waals surface area contributed by atoms with E-state index >= 15 is 0 Å². The number of rotatable bonds is 3. The number of hydrogen-bond acceptors (Lipinski definition) is 4. The number of H-pyrrole nitrogens is 1. The number of aromatic nitrogens is 3. The van der Waals surface area contributed by atoms with Crippen LogP contribution in [0.1, 0.15) is 24.7 Å². The van der Waals surface area contributed by atoms with E-state index in [-0.39, 0.29) is 11.9 Å². The third-order valence-electron chi connectivity index (χ3n) is 3.29. The Labute approximate surface area is 105 Å². The fourth-order valence-electron chi connectivity index (χ4n) is 2.07. The molecule has 1 atom stereocenters. The highest BCUT2D eigenvalue weighted by molar-refractivity contribution is 5.88. The van der Waals surface area contributed by atoms with Gasteiger partial charge in [0.25, 0.3) is 0 Å². The Bertz CT molecular complexity index is 439. The quantitative estimate of drug-likeness (QED) is 0.798. The molecule has 6 nitrogen and oxygen atoms in total. The lowest BCUT2D eigenvalue weighted by molar-refractivity contribution is -0.135. The predicted octanol–water partition coefficient (Wildman–Crippen LogP) is 0.671. The Morgan fingerprint density at radius 3 is 3.17 bits per heavy atom. The van der Waals surface area contributed by atoms with Crippen LogP contribution in [0.2, 0.25) is 0 Å². The molecule has 6 heteroatoms. The fraction of sp³-hybridized carbons (Fsp3) is 0.583. The van der Waals surface area contributed by atoms with Gasteiger partial charge in [-0.2, -0.15) is 5.10 Å². The minimum Gasteiger partial charge on any atom is -0.377 e. The summed E-state index contributed by atoms with van der Waals surface area (Å²) in [6.07, 6.45) is 7.56. The van der Waals surface area contributed by atoms with Gasteiger partial charge in [-0.3, -0.25) is 9.89 Å². The van der Waals surface area contributed by atoms with E-state index in [1.54, 1.807) is 11.0 Å². The van der Waals surface area contributed by atoms with Crippen LogP contribution in [0.5, 0.6) is 0 Å². The average molecular weight is 248 g/mol. The number of aromatic amines is 1. The Hall–Kier alpha value is -1.69. The number of ether oxygens (including phenoxy) is 1. The van der Waals surface area contributed by atoms with Gasteiger partial charge in [0.1, 0.15) is 18.2 Å². The largest absolute Gasteiger partial charge is 0.377 e. The van der Waals surface area contributed by atoms with Crippen molar-refractivity contribution in [3.8, 4) is 0 Å². The highest BCUT2D eigenvalue weighted by Gasteiger charge is 2.29. The van der Waals surface area contributed by atoms with Crippen LogP contribution in [-0.2, 0) is 9.53 Å². The lowest BCUT2D eigenvalue weighted by Crippen LogP contribution is -2.43. The van der Waals surface area contributed by atoms with Gasteiger partial charge in [-0.1, -0.05) is 6.08 Å². The SMILES string of the molecule is O=C(/C=C/C1CC1)N1CCOCC1c1ncn[nH]1. The van der Waals surface area contributed by atoms with E-state index in [1.807, 2.05) is 6.08 Å². The lowest BCUT2D eigenvalue weighted by atomic mass is 10.2. The summed E-state index contributed by atoms with van der Waals surface area (Å²) in [5.41, 5.74) is 0. The van der Waals surface area contributed by atoms with Crippen LogP contribution in [-0.4, -0.2) is 45.7 Å². The van der Waals surface area contributed by atoms with Gasteiger partial charge < -0.3 is 9.64 Å². The summed E-state index contributed by atoms with van der Waals surface area (Å²) in [5, 5.41) is 6.64. The Morgan fingerprint density at radius 1 is 1.56 bits per heavy atom. The number of morpholine rings is 1. The van der Waals surface area contributed by atoms with Crippen LogP contribution in [0.3, 0.4) is 0 Å². The summed E-state index contributed by atoms with van der Waals surface area (Å²) in [6.45, 7) is 1.64. The second kappa shape index (κ2) is 4.89. The zero-order valence-electron chi connectivity index (χ0n) is 10.1. The summed E-state index contributed by atoms with van der Waals surface area (Å²) in [5.74, 6) is 1.33. The van der Waals surface area contributed by atoms with Gasteiger partial charge in [-0.25, -0.2) is 4.98 Å². The van der Waals surface area contributed by atoms with Crippen molar-refractivity contribution in [2.75, 3.05) is 19.8 Å². The van der Waals surface area contributed by atoms with Crippen LogP contribution in [0.25, 0.3) is 0 Å². The topological polar surface area (TPSA) is 71.1 Å². The summed E-state index contributed by atoms with van der Waals surface area (Å²) < 4.78 is 5.42. The van der Waals surface area contributed by atoms with Crippen LogP contribution >= 0.6 is 0 Å². The zero-order valence-corrected chi connectivity index (χ0v) is 10.1. The molecule has 1 aromatic rings. The fourth-order valence-corrected chi connectivity index (χ4v) is 2.07. The molecule has 1 aliphatic carbocycles. The van der Waals surface area contributed by atoms with E-state index in [0.717, 1.165) is 0 Å². The van der Waals surface area contributed by atoms with Gasteiger partial charge in [-0.05, 0) is 24.8 Å². The van der Waals surface area contributed by atoms with Gasteiger partial charge in [-0.15, -0.1) is 0 Å². The molecule has 1 saturated heterocycles. The molecule has 1 aromatic heterocycles. The number of carbonyl (C=O) groups is 1. The molecule has 2 fully saturated rings. The Kier molecular flexibility index (Phi) is 3.10. The summed E-state index contributed by atoms with van der Waals surface area (Å²) in [4.78, 5) is 18.1. The normalized spacial score (nSPS) is 24.7. The maximum atomic E-state index is 12.2. The van der Waals surface area contributed by atoms with Crippen LogP contribution in [0, 0.1) is 5.92 Å². The van der Waals surface area contributed by atoms with E-state index in [9.17, 15) is 4.79 Å². The third kappa shape index (κ3) is 2.43. The first-order valence-electron chi connectivity index (χ1n) is 6.26. The maximum Gasteiger partial charge on any atom is 0.247 e. The van der Waals surface area contributed by atoms with Gasteiger partial charge in [0.2, 0.25) is 5.91 Å². The molecule has 0 aromatic carbocycles. The molecular formula is C12H16N4O2. The highest BCUT2D eigenvalue weighted by atomic mass is 16.5. The van der Waals surface area contributed by atoms with Crippen LogP contribution in [0.15, 0.2) is 18.5 Å². The zero-order chi connectivity index (χ0) is 12.4. The minimum atomic E-state index is -0.155. The molecule has 96 valence electrons. The number of hydrogen-bond donors (Lipinski definition) is 1. The van der Waals surface area contributed by atoms with Gasteiger partial charge in [0.05, 0.1) is 13.2 Å². The van der Waals surface area contributed by atoms with Crippen LogP contribution in [0.4, 0.5) is 0 Å². The minimum absolute atomic E-state index is 0.0339. The van der Waals surface area contributed by atoms with Gasteiger partial charge in [0, 0.05) is 6.54 Å². The first-order valence-corrected chi connectivity index (χ1v) is 6.26. The van der Waals surface area contributed by atoms with E-state index < -0.39 is 0 Å².